The maximum Gasteiger partial charge on any atom is 0.243 e. The molecule has 0 spiro atoms. The quantitative estimate of drug-likeness (QED) is 0.766. The number of nitrogens with zero attached hydrogens (tertiary/aromatic N) is 3. The molecule has 1 atom stereocenters. The zero-order chi connectivity index (χ0) is 18.4. The van der Waals surface area contributed by atoms with E-state index in [4.69, 9.17) is 0 Å². The molecule has 1 aliphatic heterocycles. The molecule has 3 rings (SSSR count). The van der Waals surface area contributed by atoms with Gasteiger partial charge in [0.1, 0.15) is 4.90 Å². The van der Waals surface area contributed by atoms with Crippen molar-refractivity contribution in [3.63, 3.8) is 0 Å². The highest BCUT2D eigenvalue weighted by Gasteiger charge is 2.23. The van der Waals surface area contributed by atoms with Crippen LogP contribution in [0.25, 0.3) is 0 Å². The highest BCUT2D eigenvalue weighted by molar-refractivity contribution is 7.89. The van der Waals surface area contributed by atoms with Gasteiger partial charge in [-0.3, -0.25) is 4.68 Å². The number of hydrogen-bond donors (Lipinski definition) is 1. The Morgan fingerprint density at radius 3 is 2.81 bits per heavy atom. The van der Waals surface area contributed by atoms with E-state index in [0.717, 1.165) is 38.9 Å². The van der Waals surface area contributed by atoms with Crippen LogP contribution in [0, 0.1) is 5.92 Å². The van der Waals surface area contributed by atoms with Gasteiger partial charge in [0.15, 0.2) is 0 Å². The van der Waals surface area contributed by atoms with Gasteiger partial charge in [0, 0.05) is 32.4 Å². The van der Waals surface area contributed by atoms with Gasteiger partial charge in [-0.15, -0.1) is 0 Å². The van der Waals surface area contributed by atoms with Crippen molar-refractivity contribution < 1.29 is 8.42 Å². The molecule has 0 saturated carbocycles. The maximum atomic E-state index is 12.4. The fourth-order valence-electron chi connectivity index (χ4n) is 3.42. The molecule has 1 aromatic carbocycles. The molecule has 0 radical (unpaired) electrons. The van der Waals surface area contributed by atoms with Crippen molar-refractivity contribution in [3.05, 3.63) is 48.3 Å². The van der Waals surface area contributed by atoms with Crippen molar-refractivity contribution in [2.75, 3.05) is 26.2 Å². The second-order valence-corrected chi connectivity index (χ2v) is 8.70. The lowest BCUT2D eigenvalue weighted by molar-refractivity contribution is 0.178. The van der Waals surface area contributed by atoms with E-state index in [0.29, 0.717) is 19.0 Å². The summed E-state index contributed by atoms with van der Waals surface area (Å²) >= 11 is 0. The molecule has 2 heterocycles. The van der Waals surface area contributed by atoms with Gasteiger partial charge in [-0.2, -0.15) is 5.10 Å². The van der Waals surface area contributed by atoms with Crippen LogP contribution in [0.4, 0.5) is 0 Å². The van der Waals surface area contributed by atoms with E-state index in [1.807, 2.05) is 13.0 Å². The molecule has 7 heteroatoms. The Balaban J connectivity index is 1.48. The molecule has 0 amide bonds. The Bertz CT molecular complexity index is 789. The SMILES string of the molecule is CCn1cc(S(=O)(=O)NC[C@H]2CCCN(CCc3ccccc3)C2)cn1. The molecule has 1 fully saturated rings. The van der Waals surface area contributed by atoms with Gasteiger partial charge in [0.05, 0.1) is 6.20 Å². The number of rotatable bonds is 8. The average molecular weight is 377 g/mol. The van der Waals surface area contributed by atoms with Crippen LogP contribution in [-0.4, -0.2) is 49.3 Å². The van der Waals surface area contributed by atoms with Crippen molar-refractivity contribution in [2.24, 2.45) is 5.92 Å². The van der Waals surface area contributed by atoms with Gasteiger partial charge in [-0.05, 0) is 44.2 Å². The molecule has 26 heavy (non-hydrogen) atoms. The molecular weight excluding hydrogens is 348 g/mol. The summed E-state index contributed by atoms with van der Waals surface area (Å²) in [4.78, 5) is 2.70. The van der Waals surface area contributed by atoms with E-state index >= 15 is 0 Å². The van der Waals surface area contributed by atoms with Crippen molar-refractivity contribution in [1.82, 2.24) is 19.4 Å². The number of benzene rings is 1. The topological polar surface area (TPSA) is 67.2 Å². The first-order chi connectivity index (χ1) is 12.6. The third-order valence-corrected chi connectivity index (χ3v) is 6.35. The van der Waals surface area contributed by atoms with Crippen molar-refractivity contribution in [2.45, 2.75) is 37.6 Å². The van der Waals surface area contributed by atoms with Crippen molar-refractivity contribution in [3.8, 4) is 0 Å². The van der Waals surface area contributed by atoms with Crippen molar-refractivity contribution in [1.29, 1.82) is 0 Å². The van der Waals surface area contributed by atoms with E-state index in [9.17, 15) is 8.42 Å². The van der Waals surface area contributed by atoms with Crippen LogP contribution >= 0.6 is 0 Å². The van der Waals surface area contributed by atoms with Gasteiger partial charge in [0.2, 0.25) is 10.0 Å². The molecule has 1 aliphatic rings. The summed E-state index contributed by atoms with van der Waals surface area (Å²) in [5.74, 6) is 0.357. The molecule has 2 aromatic rings. The Morgan fingerprint density at radius 1 is 1.27 bits per heavy atom. The third kappa shape index (κ3) is 5.16. The highest BCUT2D eigenvalue weighted by atomic mass is 32.2. The Morgan fingerprint density at radius 2 is 2.08 bits per heavy atom. The summed E-state index contributed by atoms with van der Waals surface area (Å²) in [5.41, 5.74) is 1.35. The summed E-state index contributed by atoms with van der Waals surface area (Å²) < 4.78 is 29.2. The summed E-state index contributed by atoms with van der Waals surface area (Å²) in [6.45, 7) is 6.15. The van der Waals surface area contributed by atoms with Crippen LogP contribution in [0.3, 0.4) is 0 Å². The van der Waals surface area contributed by atoms with Crippen LogP contribution in [0.2, 0.25) is 0 Å². The Hall–Kier alpha value is -1.70. The number of hydrogen-bond acceptors (Lipinski definition) is 4. The van der Waals surface area contributed by atoms with E-state index in [2.05, 4.69) is 39.0 Å². The van der Waals surface area contributed by atoms with E-state index in [1.165, 1.54) is 11.8 Å². The minimum atomic E-state index is -3.47. The minimum Gasteiger partial charge on any atom is -0.303 e. The number of aromatic nitrogens is 2. The van der Waals surface area contributed by atoms with Crippen LogP contribution in [0.1, 0.15) is 25.3 Å². The van der Waals surface area contributed by atoms with Gasteiger partial charge in [-0.1, -0.05) is 30.3 Å². The Labute approximate surface area is 156 Å². The lowest BCUT2D eigenvalue weighted by Gasteiger charge is -2.32. The van der Waals surface area contributed by atoms with E-state index in [1.54, 1.807) is 10.9 Å². The van der Waals surface area contributed by atoms with Gasteiger partial charge in [-0.25, -0.2) is 13.1 Å². The van der Waals surface area contributed by atoms with Gasteiger partial charge >= 0.3 is 0 Å². The fourth-order valence-corrected chi connectivity index (χ4v) is 4.49. The second-order valence-electron chi connectivity index (χ2n) is 6.93. The Kier molecular flexibility index (Phi) is 6.45. The first-order valence-corrected chi connectivity index (χ1v) is 10.8. The monoisotopic (exact) mass is 376 g/mol. The summed E-state index contributed by atoms with van der Waals surface area (Å²) in [6, 6.07) is 10.5. The summed E-state index contributed by atoms with van der Waals surface area (Å²) in [7, 11) is -3.47. The smallest absolute Gasteiger partial charge is 0.243 e. The van der Waals surface area contributed by atoms with Gasteiger partial charge < -0.3 is 4.90 Å². The fraction of sp³-hybridized carbons (Fsp3) is 0.526. The summed E-state index contributed by atoms with van der Waals surface area (Å²) in [5, 5.41) is 4.05. The normalized spacial score (nSPS) is 18.9. The zero-order valence-corrected chi connectivity index (χ0v) is 16.2. The predicted octanol–water partition coefficient (Wildman–Crippen LogP) is 2.14. The first-order valence-electron chi connectivity index (χ1n) is 9.35. The van der Waals surface area contributed by atoms with Crippen LogP contribution in [-0.2, 0) is 23.0 Å². The predicted molar refractivity (Wildman–Crippen MR) is 102 cm³/mol. The van der Waals surface area contributed by atoms with E-state index in [-0.39, 0.29) is 4.90 Å². The van der Waals surface area contributed by atoms with Crippen molar-refractivity contribution >= 4 is 10.0 Å². The standard InChI is InChI=1S/C19H28N4O2S/c1-2-23-16-19(14-20-23)26(24,25)21-13-18-9-6-11-22(15-18)12-10-17-7-4-3-5-8-17/h3-5,7-8,14,16,18,21H,2,6,9-13,15H2,1H3/t18-/m1/s1. The molecular formula is C19H28N4O2S. The highest BCUT2D eigenvalue weighted by Crippen LogP contribution is 2.17. The molecule has 1 N–H and O–H groups in total. The number of likely N-dealkylation sites (tertiary alicyclic amines) is 1. The molecule has 1 aromatic heterocycles. The van der Waals surface area contributed by atoms with Gasteiger partial charge in [0.25, 0.3) is 0 Å². The average Bonchev–Trinajstić information content (AvgIpc) is 3.16. The molecule has 1 saturated heterocycles. The van der Waals surface area contributed by atoms with Crippen LogP contribution < -0.4 is 4.72 Å². The zero-order valence-electron chi connectivity index (χ0n) is 15.3. The number of sulfonamides is 1. The maximum absolute atomic E-state index is 12.4. The third-order valence-electron chi connectivity index (χ3n) is 4.97. The first kappa shape index (κ1) is 19.1. The molecule has 0 aliphatic carbocycles. The van der Waals surface area contributed by atoms with E-state index < -0.39 is 10.0 Å². The van der Waals surface area contributed by atoms with Crippen LogP contribution in [0.15, 0.2) is 47.6 Å². The second kappa shape index (κ2) is 8.79. The molecule has 0 unspecified atom stereocenters. The lowest BCUT2D eigenvalue weighted by Crippen LogP contribution is -2.41. The number of nitrogens with one attached hydrogen (secondary N) is 1. The minimum absolute atomic E-state index is 0.246. The molecule has 0 bridgehead atoms. The molecule has 6 nitrogen and oxygen atoms in total. The number of aryl methyl sites for hydroxylation is 1. The summed E-state index contributed by atoms with van der Waals surface area (Å²) in [6.07, 6.45) is 6.22. The largest absolute Gasteiger partial charge is 0.303 e. The van der Waals surface area contributed by atoms with Crippen LogP contribution in [0.5, 0.6) is 0 Å². The molecule has 142 valence electrons. The lowest BCUT2D eigenvalue weighted by atomic mass is 9.98. The number of piperidine rings is 1.